The smallest absolute Gasteiger partial charge is 0.224 e. The van der Waals surface area contributed by atoms with E-state index in [1.807, 2.05) is 0 Å². The second-order valence-corrected chi connectivity index (χ2v) is 4.88. The Morgan fingerprint density at radius 3 is 2.74 bits per heavy atom. The summed E-state index contributed by atoms with van der Waals surface area (Å²) in [5.74, 6) is -0.674. The van der Waals surface area contributed by atoms with Gasteiger partial charge in [-0.2, -0.15) is 0 Å². The van der Waals surface area contributed by atoms with E-state index in [2.05, 4.69) is 5.32 Å². The van der Waals surface area contributed by atoms with Crippen molar-refractivity contribution in [1.82, 2.24) is 5.32 Å². The Morgan fingerprint density at radius 1 is 1.37 bits per heavy atom. The number of rotatable bonds is 4. The van der Waals surface area contributed by atoms with Gasteiger partial charge in [0.1, 0.15) is 5.82 Å². The van der Waals surface area contributed by atoms with Gasteiger partial charge in [-0.25, -0.2) is 4.39 Å². The Kier molecular flexibility index (Phi) is 4.50. The zero-order valence-corrected chi connectivity index (χ0v) is 10.7. The summed E-state index contributed by atoms with van der Waals surface area (Å²) >= 11 is 0. The van der Waals surface area contributed by atoms with Gasteiger partial charge in [0.25, 0.3) is 0 Å². The van der Waals surface area contributed by atoms with E-state index in [9.17, 15) is 14.3 Å². The predicted octanol–water partition coefficient (Wildman–Crippen LogP) is 1.03. The fraction of sp³-hybridized carbons (Fsp3) is 0.500. The zero-order chi connectivity index (χ0) is 13.7. The average Bonchev–Trinajstić information content (AvgIpc) is 2.40. The molecule has 104 valence electrons. The number of carbonyl (C=O) groups is 1. The molecule has 0 atom stereocenters. The first kappa shape index (κ1) is 14.0. The van der Waals surface area contributed by atoms with E-state index in [1.165, 1.54) is 6.07 Å². The van der Waals surface area contributed by atoms with Crippen molar-refractivity contribution in [3.05, 3.63) is 35.6 Å². The van der Waals surface area contributed by atoms with Gasteiger partial charge in [-0.1, -0.05) is 18.2 Å². The van der Waals surface area contributed by atoms with Crippen LogP contribution in [0.1, 0.15) is 18.4 Å². The largest absolute Gasteiger partial charge is 0.388 e. The molecule has 0 aromatic heterocycles. The van der Waals surface area contributed by atoms with Gasteiger partial charge in [0.2, 0.25) is 5.91 Å². The molecule has 2 rings (SSSR count). The Balaban J connectivity index is 1.83. The third-order valence-corrected chi connectivity index (χ3v) is 3.35. The van der Waals surface area contributed by atoms with E-state index in [0.29, 0.717) is 31.6 Å². The van der Waals surface area contributed by atoms with Gasteiger partial charge in [0, 0.05) is 32.6 Å². The van der Waals surface area contributed by atoms with Crippen LogP contribution in [0.2, 0.25) is 0 Å². The van der Waals surface area contributed by atoms with Crippen LogP contribution < -0.4 is 5.32 Å². The van der Waals surface area contributed by atoms with Gasteiger partial charge in [-0.15, -0.1) is 0 Å². The van der Waals surface area contributed by atoms with Crippen LogP contribution in [0.5, 0.6) is 0 Å². The molecule has 1 heterocycles. The molecule has 0 unspecified atom stereocenters. The number of ether oxygens (including phenoxy) is 1. The predicted molar refractivity (Wildman–Crippen MR) is 68.1 cm³/mol. The Bertz CT molecular complexity index is 444. The first-order valence-corrected chi connectivity index (χ1v) is 6.39. The standard InChI is InChI=1S/C14H18FNO3/c15-12-4-2-1-3-11(12)9-13(17)16-10-14(18)5-7-19-8-6-14/h1-4,18H,5-10H2,(H,16,17). The van der Waals surface area contributed by atoms with E-state index >= 15 is 0 Å². The first-order valence-electron chi connectivity index (χ1n) is 6.39. The molecule has 0 radical (unpaired) electrons. The molecule has 19 heavy (non-hydrogen) atoms. The van der Waals surface area contributed by atoms with Crippen LogP contribution in [0.15, 0.2) is 24.3 Å². The number of halogens is 1. The molecule has 1 aliphatic heterocycles. The summed E-state index contributed by atoms with van der Waals surface area (Å²) in [6.07, 6.45) is 0.999. The maximum Gasteiger partial charge on any atom is 0.224 e. The van der Waals surface area contributed by atoms with Crippen LogP contribution in [-0.2, 0) is 16.0 Å². The van der Waals surface area contributed by atoms with Gasteiger partial charge in [0.15, 0.2) is 0 Å². The third-order valence-electron chi connectivity index (χ3n) is 3.35. The molecule has 5 heteroatoms. The minimum absolute atomic E-state index is 0.0146. The monoisotopic (exact) mass is 267 g/mol. The number of nitrogens with one attached hydrogen (secondary N) is 1. The van der Waals surface area contributed by atoms with Gasteiger partial charge in [-0.05, 0) is 11.6 Å². The van der Waals surface area contributed by atoms with E-state index in [1.54, 1.807) is 18.2 Å². The maximum atomic E-state index is 13.4. The molecule has 1 aliphatic rings. The molecule has 0 spiro atoms. The highest BCUT2D eigenvalue weighted by molar-refractivity contribution is 5.78. The maximum absolute atomic E-state index is 13.4. The Labute approximate surface area is 111 Å². The minimum Gasteiger partial charge on any atom is -0.388 e. The number of benzene rings is 1. The van der Waals surface area contributed by atoms with Gasteiger partial charge in [-0.3, -0.25) is 4.79 Å². The Hall–Kier alpha value is -1.46. The first-order chi connectivity index (χ1) is 9.09. The molecule has 1 saturated heterocycles. The van der Waals surface area contributed by atoms with Crippen molar-refractivity contribution in [3.8, 4) is 0 Å². The van der Waals surface area contributed by atoms with E-state index in [-0.39, 0.29) is 24.7 Å². The van der Waals surface area contributed by atoms with E-state index in [4.69, 9.17) is 4.74 Å². The van der Waals surface area contributed by atoms with Gasteiger partial charge in [0.05, 0.1) is 12.0 Å². The molecular weight excluding hydrogens is 249 g/mol. The normalized spacial score (nSPS) is 18.0. The van der Waals surface area contributed by atoms with E-state index < -0.39 is 5.60 Å². The van der Waals surface area contributed by atoms with Crippen LogP contribution >= 0.6 is 0 Å². The number of amides is 1. The highest BCUT2D eigenvalue weighted by atomic mass is 19.1. The lowest BCUT2D eigenvalue weighted by Gasteiger charge is -2.32. The fourth-order valence-corrected chi connectivity index (χ4v) is 2.07. The fourth-order valence-electron chi connectivity index (χ4n) is 2.07. The van der Waals surface area contributed by atoms with Crippen LogP contribution in [0.3, 0.4) is 0 Å². The second-order valence-electron chi connectivity index (χ2n) is 4.88. The highest BCUT2D eigenvalue weighted by Gasteiger charge is 2.30. The molecule has 0 bridgehead atoms. The molecular formula is C14H18FNO3. The second kappa shape index (κ2) is 6.12. The number of aliphatic hydroxyl groups is 1. The summed E-state index contributed by atoms with van der Waals surface area (Å²) in [5.41, 5.74) is -0.540. The van der Waals surface area contributed by atoms with E-state index in [0.717, 1.165) is 0 Å². The lowest BCUT2D eigenvalue weighted by molar-refractivity contribution is -0.123. The molecule has 0 saturated carbocycles. The van der Waals surface area contributed by atoms with Crippen LogP contribution in [-0.4, -0.2) is 36.4 Å². The highest BCUT2D eigenvalue weighted by Crippen LogP contribution is 2.19. The molecule has 0 aliphatic carbocycles. The summed E-state index contributed by atoms with van der Waals surface area (Å²) in [7, 11) is 0. The van der Waals surface area contributed by atoms with Gasteiger partial charge < -0.3 is 15.2 Å². The summed E-state index contributed by atoms with van der Waals surface area (Å²) < 4.78 is 18.5. The zero-order valence-electron chi connectivity index (χ0n) is 10.7. The average molecular weight is 267 g/mol. The van der Waals surface area contributed by atoms with Crippen molar-refractivity contribution in [2.75, 3.05) is 19.8 Å². The van der Waals surface area contributed by atoms with Crippen LogP contribution in [0, 0.1) is 5.82 Å². The van der Waals surface area contributed by atoms with Crippen molar-refractivity contribution >= 4 is 5.91 Å². The molecule has 1 amide bonds. The molecule has 1 fully saturated rings. The summed E-state index contributed by atoms with van der Waals surface area (Å²) in [5, 5.41) is 12.8. The Morgan fingerprint density at radius 2 is 2.05 bits per heavy atom. The summed E-state index contributed by atoms with van der Waals surface area (Å²) in [4.78, 5) is 11.7. The summed E-state index contributed by atoms with van der Waals surface area (Å²) in [6.45, 7) is 1.18. The lowest BCUT2D eigenvalue weighted by Crippen LogP contribution is -2.47. The van der Waals surface area contributed by atoms with Crippen molar-refractivity contribution in [2.45, 2.75) is 24.9 Å². The van der Waals surface area contributed by atoms with Crippen molar-refractivity contribution in [3.63, 3.8) is 0 Å². The number of hydrogen-bond acceptors (Lipinski definition) is 3. The SMILES string of the molecule is O=C(Cc1ccccc1F)NCC1(O)CCOCC1. The molecule has 2 N–H and O–H groups in total. The molecule has 4 nitrogen and oxygen atoms in total. The number of hydrogen-bond donors (Lipinski definition) is 2. The van der Waals surface area contributed by atoms with Crippen molar-refractivity contribution in [2.24, 2.45) is 0 Å². The van der Waals surface area contributed by atoms with Crippen molar-refractivity contribution in [1.29, 1.82) is 0 Å². The molecule has 1 aromatic carbocycles. The minimum atomic E-state index is -0.900. The lowest BCUT2D eigenvalue weighted by atomic mass is 9.94. The van der Waals surface area contributed by atoms with Crippen LogP contribution in [0.4, 0.5) is 4.39 Å². The third kappa shape index (κ3) is 4.01. The van der Waals surface area contributed by atoms with Gasteiger partial charge >= 0.3 is 0 Å². The quantitative estimate of drug-likeness (QED) is 0.856. The van der Waals surface area contributed by atoms with Crippen LogP contribution in [0.25, 0.3) is 0 Å². The topological polar surface area (TPSA) is 58.6 Å². The van der Waals surface area contributed by atoms with Crippen molar-refractivity contribution < 1.29 is 19.0 Å². The molecule has 1 aromatic rings. The number of carbonyl (C=O) groups excluding carboxylic acids is 1. The summed E-state index contributed by atoms with van der Waals surface area (Å²) in [6, 6.07) is 6.19.